The molecule has 1 aromatic heterocycles. The lowest BCUT2D eigenvalue weighted by Gasteiger charge is -2.12. The smallest absolute Gasteiger partial charge is 0.152 e. The molecule has 0 radical (unpaired) electrons. The van der Waals surface area contributed by atoms with Crippen LogP contribution < -0.4 is 0 Å². The minimum atomic E-state index is 0.294. The van der Waals surface area contributed by atoms with Gasteiger partial charge >= 0.3 is 0 Å². The van der Waals surface area contributed by atoms with Crippen molar-refractivity contribution < 1.29 is 4.79 Å². The van der Waals surface area contributed by atoms with E-state index in [-0.39, 0.29) is 0 Å². The second-order valence-corrected chi connectivity index (χ2v) is 7.69. The molecular formula is C18H7Cl6NO. The number of benzene rings is 2. The van der Waals surface area contributed by atoms with Crippen LogP contribution >= 0.6 is 69.6 Å². The van der Waals surface area contributed by atoms with E-state index in [2.05, 4.69) is 4.98 Å². The van der Waals surface area contributed by atoms with Crippen molar-refractivity contribution in [1.82, 2.24) is 4.98 Å². The third kappa shape index (κ3) is 3.82. The van der Waals surface area contributed by atoms with Crippen molar-refractivity contribution in [2.24, 2.45) is 0 Å². The minimum absolute atomic E-state index is 0.294. The summed E-state index contributed by atoms with van der Waals surface area (Å²) >= 11 is 36.7. The van der Waals surface area contributed by atoms with Crippen LogP contribution in [0, 0.1) is 0 Å². The fourth-order valence-electron chi connectivity index (χ4n) is 2.35. The molecule has 1 heterocycles. The summed E-state index contributed by atoms with van der Waals surface area (Å²) in [5.41, 5.74) is 2.22. The molecule has 0 N–H and O–H groups in total. The highest BCUT2D eigenvalue weighted by Gasteiger charge is 2.16. The number of halogens is 6. The standard InChI is InChI=1S/C18H7Cl6NO/c19-11-5-15(23)13(21)3-9(11)17-2-1-8(7-26)18(25-17)10-4-14(22)16(24)6-12(10)20/h1-7H. The molecule has 0 atom stereocenters. The molecule has 0 fully saturated rings. The number of carbonyl (C=O) groups is 1. The lowest BCUT2D eigenvalue weighted by molar-refractivity contribution is 0.112. The first kappa shape index (κ1) is 19.8. The van der Waals surface area contributed by atoms with Crippen molar-refractivity contribution in [1.29, 1.82) is 0 Å². The number of hydrogen-bond donors (Lipinski definition) is 0. The van der Waals surface area contributed by atoms with Crippen LogP contribution in [0.1, 0.15) is 10.4 Å². The molecule has 0 saturated heterocycles. The highest BCUT2D eigenvalue weighted by atomic mass is 35.5. The third-order valence-corrected chi connectivity index (χ3v) is 5.67. The summed E-state index contributed by atoms with van der Waals surface area (Å²) in [6.07, 6.45) is 0.682. The molecule has 3 aromatic rings. The maximum Gasteiger partial charge on any atom is 0.152 e. The number of pyridine rings is 1. The Morgan fingerprint density at radius 2 is 1.15 bits per heavy atom. The molecular weight excluding hydrogens is 459 g/mol. The van der Waals surface area contributed by atoms with Crippen molar-refractivity contribution >= 4 is 75.9 Å². The van der Waals surface area contributed by atoms with Gasteiger partial charge in [-0.05, 0) is 36.4 Å². The van der Waals surface area contributed by atoms with Crippen molar-refractivity contribution in [2.45, 2.75) is 0 Å². The normalized spacial score (nSPS) is 10.8. The molecule has 0 spiro atoms. The Morgan fingerprint density at radius 3 is 1.73 bits per heavy atom. The van der Waals surface area contributed by atoms with Gasteiger partial charge in [0.1, 0.15) is 0 Å². The molecule has 3 rings (SSSR count). The summed E-state index contributed by atoms with van der Waals surface area (Å²) in [4.78, 5) is 16.0. The zero-order chi connectivity index (χ0) is 19.0. The zero-order valence-corrected chi connectivity index (χ0v) is 17.2. The molecule has 8 heteroatoms. The van der Waals surface area contributed by atoms with Crippen LogP contribution in [-0.2, 0) is 0 Å². The van der Waals surface area contributed by atoms with E-state index in [9.17, 15) is 4.79 Å². The maximum atomic E-state index is 11.5. The van der Waals surface area contributed by atoms with E-state index in [1.807, 2.05) is 0 Å². The summed E-state index contributed by atoms with van der Waals surface area (Å²) in [6, 6.07) is 9.46. The van der Waals surface area contributed by atoms with Crippen LogP contribution in [0.2, 0.25) is 30.1 Å². The summed E-state index contributed by atoms with van der Waals surface area (Å²) in [5.74, 6) is 0. The number of aldehydes is 1. The van der Waals surface area contributed by atoms with Gasteiger partial charge in [-0.3, -0.25) is 4.79 Å². The Balaban J connectivity index is 2.25. The first-order valence-electron chi connectivity index (χ1n) is 7.08. The van der Waals surface area contributed by atoms with Crippen LogP contribution in [0.4, 0.5) is 0 Å². The van der Waals surface area contributed by atoms with Crippen molar-refractivity contribution in [3.63, 3.8) is 0 Å². The third-order valence-electron chi connectivity index (χ3n) is 3.60. The molecule has 2 nitrogen and oxygen atoms in total. The molecule has 0 amide bonds. The van der Waals surface area contributed by atoms with Gasteiger partial charge < -0.3 is 0 Å². The van der Waals surface area contributed by atoms with E-state index in [1.165, 1.54) is 12.1 Å². The van der Waals surface area contributed by atoms with Crippen molar-refractivity contribution in [2.75, 3.05) is 0 Å². The zero-order valence-electron chi connectivity index (χ0n) is 12.7. The molecule has 0 bridgehead atoms. The van der Waals surface area contributed by atoms with Crippen molar-refractivity contribution in [3.8, 4) is 22.5 Å². The first-order chi connectivity index (χ1) is 12.3. The Kier molecular flexibility index (Phi) is 6.03. The maximum absolute atomic E-state index is 11.5. The van der Waals surface area contributed by atoms with Gasteiger partial charge in [0, 0.05) is 16.7 Å². The predicted molar refractivity (Wildman–Crippen MR) is 111 cm³/mol. The molecule has 2 aromatic carbocycles. The Hall–Kier alpha value is -1.000. The van der Waals surface area contributed by atoms with Crippen LogP contribution in [0.15, 0.2) is 36.4 Å². The molecule has 0 unspecified atom stereocenters. The number of rotatable bonds is 3. The van der Waals surface area contributed by atoms with Gasteiger partial charge in [-0.2, -0.15) is 0 Å². The highest BCUT2D eigenvalue weighted by molar-refractivity contribution is 6.44. The fraction of sp³-hybridized carbons (Fsp3) is 0. The summed E-state index contributed by atoms with van der Waals surface area (Å²) in [7, 11) is 0. The largest absolute Gasteiger partial charge is 0.298 e. The van der Waals surface area contributed by atoms with Gasteiger partial charge in [-0.15, -0.1) is 0 Å². The monoisotopic (exact) mass is 463 g/mol. The predicted octanol–water partition coefficient (Wildman–Crippen LogP) is 8.15. The molecule has 0 aliphatic carbocycles. The quantitative estimate of drug-likeness (QED) is 0.288. The van der Waals surface area contributed by atoms with Gasteiger partial charge in [0.05, 0.1) is 41.5 Å². The SMILES string of the molecule is O=Cc1ccc(-c2cc(Cl)c(Cl)cc2Cl)nc1-c1cc(Cl)c(Cl)cc1Cl. The lowest BCUT2D eigenvalue weighted by Crippen LogP contribution is -1.96. The lowest BCUT2D eigenvalue weighted by atomic mass is 10.0. The first-order valence-corrected chi connectivity index (χ1v) is 9.34. The summed E-state index contributed by atoms with van der Waals surface area (Å²) < 4.78 is 0. The minimum Gasteiger partial charge on any atom is -0.298 e. The van der Waals surface area contributed by atoms with E-state index >= 15 is 0 Å². The Labute approximate surface area is 179 Å². The van der Waals surface area contributed by atoms with E-state index in [0.29, 0.717) is 64.5 Å². The van der Waals surface area contributed by atoms with Crippen LogP contribution in [0.25, 0.3) is 22.5 Å². The summed E-state index contributed by atoms with van der Waals surface area (Å²) in [6.45, 7) is 0. The highest BCUT2D eigenvalue weighted by Crippen LogP contribution is 2.38. The second-order valence-electron chi connectivity index (χ2n) is 5.24. The van der Waals surface area contributed by atoms with E-state index in [4.69, 9.17) is 69.6 Å². The number of aromatic nitrogens is 1. The second kappa shape index (κ2) is 7.93. The van der Waals surface area contributed by atoms with Gasteiger partial charge in [-0.25, -0.2) is 4.98 Å². The average molecular weight is 466 g/mol. The Morgan fingerprint density at radius 1 is 0.654 bits per heavy atom. The van der Waals surface area contributed by atoms with Crippen LogP contribution in [0.5, 0.6) is 0 Å². The van der Waals surface area contributed by atoms with Gasteiger partial charge in [0.2, 0.25) is 0 Å². The molecule has 26 heavy (non-hydrogen) atoms. The van der Waals surface area contributed by atoms with Gasteiger partial charge in [-0.1, -0.05) is 69.6 Å². The molecule has 0 aliphatic heterocycles. The topological polar surface area (TPSA) is 30.0 Å². The summed E-state index contributed by atoms with van der Waals surface area (Å²) in [5, 5.41) is 1.95. The Bertz CT molecular complexity index is 1030. The molecule has 132 valence electrons. The molecule has 0 saturated carbocycles. The number of carbonyl (C=O) groups excluding carboxylic acids is 1. The van der Waals surface area contributed by atoms with Gasteiger partial charge in [0.15, 0.2) is 6.29 Å². The average Bonchev–Trinajstić information content (AvgIpc) is 2.61. The van der Waals surface area contributed by atoms with E-state index in [1.54, 1.807) is 24.3 Å². The van der Waals surface area contributed by atoms with Crippen LogP contribution in [-0.4, -0.2) is 11.3 Å². The fourth-order valence-corrected chi connectivity index (χ4v) is 3.63. The van der Waals surface area contributed by atoms with E-state index < -0.39 is 0 Å². The number of nitrogens with zero attached hydrogens (tertiary/aromatic N) is 1. The van der Waals surface area contributed by atoms with E-state index in [0.717, 1.165) is 0 Å². The van der Waals surface area contributed by atoms with Gasteiger partial charge in [0.25, 0.3) is 0 Å². The van der Waals surface area contributed by atoms with Crippen molar-refractivity contribution in [3.05, 3.63) is 72.1 Å². The van der Waals surface area contributed by atoms with Crippen LogP contribution in [0.3, 0.4) is 0 Å². The number of hydrogen-bond acceptors (Lipinski definition) is 2. The molecule has 0 aliphatic rings.